The van der Waals surface area contributed by atoms with Gasteiger partial charge < -0.3 is 15.0 Å². The van der Waals surface area contributed by atoms with Gasteiger partial charge in [-0.25, -0.2) is 0 Å². The summed E-state index contributed by atoms with van der Waals surface area (Å²) in [6, 6.07) is 3.90. The average molecular weight is 193 g/mol. The minimum Gasteiger partial charge on any atom is -0.481 e. The van der Waals surface area contributed by atoms with Gasteiger partial charge in [0.05, 0.1) is 12.8 Å². The Labute approximate surface area is 83.9 Å². The Kier molecular flexibility index (Phi) is 2.43. The molecule has 1 aliphatic heterocycles. The first-order chi connectivity index (χ1) is 6.85. The number of fused-ring (bicyclic) bond motifs is 1. The molecule has 2 rings (SSSR count). The number of rotatable bonds is 2. The largest absolute Gasteiger partial charge is 0.481 e. The number of nitrogens with zero attached hydrogens (tertiary/aromatic N) is 2. The van der Waals surface area contributed by atoms with Crippen molar-refractivity contribution < 1.29 is 4.74 Å². The summed E-state index contributed by atoms with van der Waals surface area (Å²) in [6.07, 6.45) is 0. The van der Waals surface area contributed by atoms with Crippen molar-refractivity contribution in [1.29, 1.82) is 0 Å². The molecular weight excluding hydrogens is 178 g/mol. The number of methoxy groups -OCH3 is 1. The van der Waals surface area contributed by atoms with Crippen LogP contribution in [-0.4, -0.2) is 31.7 Å². The van der Waals surface area contributed by atoms with Gasteiger partial charge in [0.2, 0.25) is 5.88 Å². The zero-order valence-electron chi connectivity index (χ0n) is 8.58. The summed E-state index contributed by atoms with van der Waals surface area (Å²) < 4.78 is 5.11. The molecule has 4 nitrogen and oxygen atoms in total. The summed E-state index contributed by atoms with van der Waals surface area (Å²) in [5.74, 6) is 1.67. The van der Waals surface area contributed by atoms with E-state index in [1.54, 1.807) is 7.11 Å². The van der Waals surface area contributed by atoms with Gasteiger partial charge in [0.15, 0.2) is 5.82 Å². The summed E-state index contributed by atoms with van der Waals surface area (Å²) in [5, 5.41) is 3.32. The van der Waals surface area contributed by atoms with Crippen LogP contribution in [0.3, 0.4) is 0 Å². The highest BCUT2D eigenvalue weighted by Crippen LogP contribution is 2.28. The second-order valence-electron chi connectivity index (χ2n) is 3.23. The van der Waals surface area contributed by atoms with Gasteiger partial charge in [-0.2, -0.15) is 4.98 Å². The molecule has 0 spiro atoms. The first-order valence-electron chi connectivity index (χ1n) is 4.89. The second-order valence-corrected chi connectivity index (χ2v) is 3.23. The van der Waals surface area contributed by atoms with Gasteiger partial charge >= 0.3 is 0 Å². The molecule has 1 aliphatic rings. The van der Waals surface area contributed by atoms with Gasteiger partial charge in [0.1, 0.15) is 0 Å². The highest BCUT2D eigenvalue weighted by molar-refractivity contribution is 5.68. The number of likely N-dealkylation sites (N-methyl/N-ethyl adjacent to an activating group) is 1. The van der Waals surface area contributed by atoms with Crippen molar-refractivity contribution in [3.63, 3.8) is 0 Å². The highest BCUT2D eigenvalue weighted by Gasteiger charge is 2.16. The molecule has 0 aliphatic carbocycles. The summed E-state index contributed by atoms with van der Waals surface area (Å²) >= 11 is 0. The van der Waals surface area contributed by atoms with Gasteiger partial charge in [0, 0.05) is 25.7 Å². The van der Waals surface area contributed by atoms with E-state index >= 15 is 0 Å². The lowest BCUT2D eigenvalue weighted by molar-refractivity contribution is 0.398. The third-order valence-electron chi connectivity index (χ3n) is 2.44. The molecule has 0 atom stereocenters. The highest BCUT2D eigenvalue weighted by atomic mass is 16.5. The van der Waals surface area contributed by atoms with Crippen LogP contribution in [0.4, 0.5) is 11.5 Å². The standard InChI is InChI=1S/C10H15N3O/c1-3-13-7-6-11-8-4-5-9(14-2)12-10(8)13/h4-5,11H,3,6-7H2,1-2H3. The first-order valence-corrected chi connectivity index (χ1v) is 4.89. The van der Waals surface area contributed by atoms with Crippen molar-refractivity contribution in [3.05, 3.63) is 12.1 Å². The zero-order chi connectivity index (χ0) is 9.97. The summed E-state index contributed by atoms with van der Waals surface area (Å²) in [6.45, 7) is 5.10. The van der Waals surface area contributed by atoms with E-state index < -0.39 is 0 Å². The number of nitrogens with one attached hydrogen (secondary N) is 1. The van der Waals surface area contributed by atoms with Crippen LogP contribution in [0.5, 0.6) is 5.88 Å². The number of ether oxygens (including phenoxy) is 1. The summed E-state index contributed by atoms with van der Waals surface area (Å²) in [5.41, 5.74) is 1.10. The van der Waals surface area contributed by atoms with Crippen molar-refractivity contribution in [1.82, 2.24) is 4.98 Å². The monoisotopic (exact) mass is 193 g/mol. The van der Waals surface area contributed by atoms with E-state index in [1.165, 1.54) is 0 Å². The molecule has 14 heavy (non-hydrogen) atoms. The minimum absolute atomic E-state index is 0.672. The Balaban J connectivity index is 2.38. The fraction of sp³-hybridized carbons (Fsp3) is 0.500. The van der Waals surface area contributed by atoms with E-state index in [0.717, 1.165) is 31.1 Å². The second kappa shape index (κ2) is 3.74. The third-order valence-corrected chi connectivity index (χ3v) is 2.44. The van der Waals surface area contributed by atoms with Gasteiger partial charge in [-0.1, -0.05) is 0 Å². The predicted octanol–water partition coefficient (Wildman–Crippen LogP) is 1.34. The van der Waals surface area contributed by atoms with E-state index in [2.05, 4.69) is 22.1 Å². The molecule has 0 fully saturated rings. The van der Waals surface area contributed by atoms with Crippen LogP contribution in [0.2, 0.25) is 0 Å². The smallest absolute Gasteiger partial charge is 0.215 e. The fourth-order valence-corrected chi connectivity index (χ4v) is 1.66. The number of hydrogen-bond donors (Lipinski definition) is 1. The molecule has 0 unspecified atom stereocenters. The van der Waals surface area contributed by atoms with E-state index in [4.69, 9.17) is 4.74 Å². The minimum atomic E-state index is 0.672. The van der Waals surface area contributed by atoms with Crippen molar-refractivity contribution in [3.8, 4) is 5.88 Å². The van der Waals surface area contributed by atoms with Gasteiger partial charge in [-0.15, -0.1) is 0 Å². The normalized spacial score (nSPS) is 14.6. The molecule has 0 bridgehead atoms. The topological polar surface area (TPSA) is 37.4 Å². The number of anilines is 2. The third kappa shape index (κ3) is 1.47. The molecular formula is C10H15N3O. The molecule has 0 aromatic carbocycles. The van der Waals surface area contributed by atoms with Crippen LogP contribution >= 0.6 is 0 Å². The summed E-state index contributed by atoms with van der Waals surface area (Å²) in [4.78, 5) is 6.67. The van der Waals surface area contributed by atoms with Crippen LogP contribution < -0.4 is 15.0 Å². The van der Waals surface area contributed by atoms with Crippen LogP contribution in [0.15, 0.2) is 12.1 Å². The molecule has 0 radical (unpaired) electrons. The molecule has 0 saturated carbocycles. The number of pyridine rings is 1. The van der Waals surface area contributed by atoms with E-state index in [1.807, 2.05) is 12.1 Å². The van der Waals surface area contributed by atoms with Crippen molar-refractivity contribution in [2.75, 3.05) is 37.0 Å². The van der Waals surface area contributed by atoms with Crippen LogP contribution in [0, 0.1) is 0 Å². The fourth-order valence-electron chi connectivity index (χ4n) is 1.66. The van der Waals surface area contributed by atoms with Gasteiger partial charge in [0.25, 0.3) is 0 Å². The first kappa shape index (κ1) is 9.12. The Bertz CT molecular complexity index is 327. The van der Waals surface area contributed by atoms with E-state index in [0.29, 0.717) is 5.88 Å². The summed E-state index contributed by atoms with van der Waals surface area (Å²) in [7, 11) is 1.64. The quantitative estimate of drug-likeness (QED) is 0.769. The Morgan fingerprint density at radius 1 is 1.57 bits per heavy atom. The SMILES string of the molecule is CCN1CCNc2ccc(OC)nc21. The van der Waals surface area contributed by atoms with Gasteiger partial charge in [-0.3, -0.25) is 0 Å². The van der Waals surface area contributed by atoms with Crippen molar-refractivity contribution in [2.24, 2.45) is 0 Å². The van der Waals surface area contributed by atoms with E-state index in [-0.39, 0.29) is 0 Å². The maximum absolute atomic E-state index is 5.11. The maximum atomic E-state index is 5.11. The molecule has 2 heterocycles. The van der Waals surface area contributed by atoms with Crippen LogP contribution in [-0.2, 0) is 0 Å². The molecule has 4 heteroatoms. The predicted molar refractivity (Wildman–Crippen MR) is 57.2 cm³/mol. The molecule has 1 N–H and O–H groups in total. The Hall–Kier alpha value is -1.45. The molecule has 0 saturated heterocycles. The number of hydrogen-bond acceptors (Lipinski definition) is 4. The molecule has 1 aromatic rings. The average Bonchev–Trinajstić information content (AvgIpc) is 2.27. The maximum Gasteiger partial charge on any atom is 0.215 e. The van der Waals surface area contributed by atoms with Crippen LogP contribution in [0.25, 0.3) is 0 Å². The lowest BCUT2D eigenvalue weighted by Crippen LogP contribution is -2.34. The van der Waals surface area contributed by atoms with Crippen molar-refractivity contribution >= 4 is 11.5 Å². The molecule has 1 aromatic heterocycles. The van der Waals surface area contributed by atoms with Crippen molar-refractivity contribution in [2.45, 2.75) is 6.92 Å². The Morgan fingerprint density at radius 2 is 2.43 bits per heavy atom. The van der Waals surface area contributed by atoms with Crippen LogP contribution in [0.1, 0.15) is 6.92 Å². The molecule has 76 valence electrons. The Morgan fingerprint density at radius 3 is 3.14 bits per heavy atom. The lowest BCUT2D eigenvalue weighted by atomic mass is 10.3. The molecule has 0 amide bonds. The van der Waals surface area contributed by atoms with Gasteiger partial charge in [-0.05, 0) is 13.0 Å². The lowest BCUT2D eigenvalue weighted by Gasteiger charge is -2.29. The number of aromatic nitrogens is 1. The van der Waals surface area contributed by atoms with E-state index in [9.17, 15) is 0 Å². The zero-order valence-corrected chi connectivity index (χ0v) is 8.58.